The molecule has 2 heterocycles. The van der Waals surface area contributed by atoms with E-state index in [0.717, 1.165) is 17.1 Å². The quantitative estimate of drug-likeness (QED) is 0.563. The van der Waals surface area contributed by atoms with Crippen LogP contribution in [0.3, 0.4) is 0 Å². The monoisotopic (exact) mass is 420 g/mol. The Labute approximate surface area is 179 Å². The lowest BCUT2D eigenvalue weighted by atomic mass is 10.2. The Hall–Kier alpha value is -3.32. The molecular weight excluding hydrogens is 399 g/mol. The standard InChI is InChI=1S/C23H21FN4OS/c1-26(2)18-10-12-19(13-11-18)28-14-4-5-20(28)15-21-22(29)27(3)23(30-21)25-17-8-6-16(24)7-9-17/h4-15H,1-3H3/b21-15-,25-23?. The van der Waals surface area contributed by atoms with Crippen molar-refractivity contribution in [3.63, 3.8) is 0 Å². The molecule has 1 aliphatic heterocycles. The fraction of sp³-hybridized carbons (Fsp3) is 0.130. The number of carbonyl (C=O) groups excluding carboxylic acids is 1. The topological polar surface area (TPSA) is 40.8 Å². The molecule has 0 aliphatic carbocycles. The van der Waals surface area contributed by atoms with Gasteiger partial charge in [0.25, 0.3) is 5.91 Å². The normalized spacial score (nSPS) is 16.7. The fourth-order valence-electron chi connectivity index (χ4n) is 3.07. The molecule has 1 saturated heterocycles. The molecule has 0 radical (unpaired) electrons. The van der Waals surface area contributed by atoms with Gasteiger partial charge in [-0.05, 0) is 78.5 Å². The average molecular weight is 421 g/mol. The molecule has 0 bridgehead atoms. The molecule has 2 aromatic carbocycles. The van der Waals surface area contributed by atoms with Gasteiger partial charge in [-0.25, -0.2) is 9.38 Å². The maximum absolute atomic E-state index is 13.1. The fourth-order valence-corrected chi connectivity index (χ4v) is 4.04. The van der Waals surface area contributed by atoms with Crippen LogP contribution in [0.15, 0.2) is 76.8 Å². The summed E-state index contributed by atoms with van der Waals surface area (Å²) in [5, 5.41) is 0.561. The first-order chi connectivity index (χ1) is 14.4. The first-order valence-corrected chi connectivity index (χ1v) is 10.2. The molecule has 4 rings (SSSR count). The third-order valence-corrected chi connectivity index (χ3v) is 5.82. The van der Waals surface area contributed by atoms with Crippen molar-refractivity contribution in [2.45, 2.75) is 0 Å². The van der Waals surface area contributed by atoms with Gasteiger partial charge in [0, 0.05) is 44.4 Å². The number of benzene rings is 2. The van der Waals surface area contributed by atoms with Crippen LogP contribution in [0.1, 0.15) is 5.69 Å². The number of aromatic nitrogens is 1. The molecule has 5 nitrogen and oxygen atoms in total. The van der Waals surface area contributed by atoms with Gasteiger partial charge in [-0.15, -0.1) is 0 Å². The lowest BCUT2D eigenvalue weighted by molar-refractivity contribution is -0.121. The van der Waals surface area contributed by atoms with Gasteiger partial charge in [-0.2, -0.15) is 0 Å². The molecule has 0 unspecified atom stereocenters. The Kier molecular flexibility index (Phi) is 5.46. The minimum atomic E-state index is -0.317. The highest BCUT2D eigenvalue weighted by Crippen LogP contribution is 2.33. The van der Waals surface area contributed by atoms with Crippen molar-refractivity contribution in [2.24, 2.45) is 4.99 Å². The number of likely N-dealkylation sites (N-methyl/N-ethyl adjacent to an activating group) is 1. The number of carbonyl (C=O) groups is 1. The molecule has 0 spiro atoms. The minimum absolute atomic E-state index is 0.114. The molecule has 3 aromatic rings. The van der Waals surface area contributed by atoms with Crippen LogP contribution in [0.4, 0.5) is 15.8 Å². The molecular formula is C23H21FN4OS. The maximum atomic E-state index is 13.1. The summed E-state index contributed by atoms with van der Waals surface area (Å²) in [6, 6.07) is 18.0. The minimum Gasteiger partial charge on any atom is -0.378 e. The highest BCUT2D eigenvalue weighted by atomic mass is 32.2. The van der Waals surface area contributed by atoms with Crippen LogP contribution in [0.2, 0.25) is 0 Å². The summed E-state index contributed by atoms with van der Waals surface area (Å²) in [6.07, 6.45) is 3.84. The summed E-state index contributed by atoms with van der Waals surface area (Å²) in [5.74, 6) is -0.431. The van der Waals surface area contributed by atoms with Crippen molar-refractivity contribution in [2.75, 3.05) is 26.0 Å². The van der Waals surface area contributed by atoms with E-state index in [-0.39, 0.29) is 11.7 Å². The van der Waals surface area contributed by atoms with Crippen LogP contribution >= 0.6 is 11.8 Å². The number of rotatable bonds is 4. The van der Waals surface area contributed by atoms with E-state index in [1.807, 2.05) is 48.0 Å². The van der Waals surface area contributed by atoms with Crippen molar-refractivity contribution in [3.8, 4) is 5.69 Å². The van der Waals surface area contributed by atoms with Crippen molar-refractivity contribution < 1.29 is 9.18 Å². The molecule has 1 aromatic heterocycles. The van der Waals surface area contributed by atoms with Gasteiger partial charge in [0.1, 0.15) is 5.82 Å². The first-order valence-electron chi connectivity index (χ1n) is 9.39. The summed E-state index contributed by atoms with van der Waals surface area (Å²) in [4.78, 5) is 21.4. The number of nitrogens with zero attached hydrogens (tertiary/aromatic N) is 4. The number of anilines is 1. The second kappa shape index (κ2) is 8.20. The summed E-state index contributed by atoms with van der Waals surface area (Å²) >= 11 is 1.31. The van der Waals surface area contributed by atoms with E-state index < -0.39 is 0 Å². The molecule has 30 heavy (non-hydrogen) atoms. The van der Waals surface area contributed by atoms with Crippen LogP contribution in [0.5, 0.6) is 0 Å². The number of amides is 1. The summed E-state index contributed by atoms with van der Waals surface area (Å²) in [6.45, 7) is 0. The Morgan fingerprint density at radius 2 is 1.73 bits per heavy atom. The van der Waals surface area contributed by atoms with E-state index in [4.69, 9.17) is 0 Å². The molecule has 1 amide bonds. The third kappa shape index (κ3) is 4.02. The van der Waals surface area contributed by atoms with Gasteiger partial charge in [0.2, 0.25) is 0 Å². The summed E-state index contributed by atoms with van der Waals surface area (Å²) in [7, 11) is 5.70. The van der Waals surface area contributed by atoms with Crippen molar-refractivity contribution in [1.29, 1.82) is 0 Å². The van der Waals surface area contributed by atoms with Crippen LogP contribution in [-0.4, -0.2) is 41.7 Å². The first kappa shape index (κ1) is 20.0. The Bertz CT molecular complexity index is 1130. The van der Waals surface area contributed by atoms with Crippen molar-refractivity contribution in [3.05, 3.63) is 83.3 Å². The van der Waals surface area contributed by atoms with Crippen molar-refractivity contribution in [1.82, 2.24) is 9.47 Å². The second-order valence-electron chi connectivity index (χ2n) is 7.06. The number of halogens is 1. The molecule has 1 fully saturated rings. The highest BCUT2D eigenvalue weighted by molar-refractivity contribution is 8.18. The molecule has 0 N–H and O–H groups in total. The van der Waals surface area contributed by atoms with Gasteiger partial charge in [-0.1, -0.05) is 0 Å². The van der Waals surface area contributed by atoms with E-state index in [1.165, 1.54) is 28.8 Å². The lowest BCUT2D eigenvalue weighted by Crippen LogP contribution is -2.23. The zero-order chi connectivity index (χ0) is 21.3. The molecule has 1 aliphatic rings. The maximum Gasteiger partial charge on any atom is 0.266 e. The van der Waals surface area contributed by atoms with Gasteiger partial charge >= 0.3 is 0 Å². The largest absolute Gasteiger partial charge is 0.378 e. The van der Waals surface area contributed by atoms with Gasteiger partial charge in [0.15, 0.2) is 5.17 Å². The van der Waals surface area contributed by atoms with Crippen LogP contribution < -0.4 is 4.90 Å². The Morgan fingerprint density at radius 3 is 2.40 bits per heavy atom. The number of amidine groups is 1. The number of hydrogen-bond donors (Lipinski definition) is 0. The predicted molar refractivity (Wildman–Crippen MR) is 122 cm³/mol. The van der Waals surface area contributed by atoms with E-state index in [0.29, 0.717) is 15.8 Å². The summed E-state index contributed by atoms with van der Waals surface area (Å²) < 4.78 is 15.2. The molecule has 0 saturated carbocycles. The number of aliphatic imine (C=N–C) groups is 1. The molecule has 152 valence electrons. The van der Waals surface area contributed by atoms with Crippen LogP contribution in [-0.2, 0) is 4.79 Å². The molecule has 7 heteroatoms. The highest BCUT2D eigenvalue weighted by Gasteiger charge is 2.30. The van der Waals surface area contributed by atoms with Crippen LogP contribution in [0.25, 0.3) is 11.8 Å². The van der Waals surface area contributed by atoms with E-state index >= 15 is 0 Å². The average Bonchev–Trinajstić information content (AvgIpc) is 3.30. The van der Waals surface area contributed by atoms with Gasteiger partial charge in [-0.3, -0.25) is 9.69 Å². The van der Waals surface area contributed by atoms with Crippen LogP contribution in [0, 0.1) is 5.82 Å². The summed E-state index contributed by atoms with van der Waals surface area (Å²) in [5.41, 5.74) is 3.64. The SMILES string of the molecule is CN1C(=O)/C(=C/c2cccn2-c2ccc(N(C)C)cc2)SC1=Nc1ccc(F)cc1. The second-order valence-corrected chi connectivity index (χ2v) is 8.07. The lowest BCUT2D eigenvalue weighted by Gasteiger charge is -2.13. The Balaban J connectivity index is 1.62. The van der Waals surface area contributed by atoms with Crippen molar-refractivity contribution >= 4 is 40.3 Å². The smallest absolute Gasteiger partial charge is 0.266 e. The Morgan fingerprint density at radius 1 is 1.03 bits per heavy atom. The molecule has 0 atom stereocenters. The van der Waals surface area contributed by atoms with Gasteiger partial charge < -0.3 is 9.47 Å². The van der Waals surface area contributed by atoms with E-state index in [9.17, 15) is 9.18 Å². The zero-order valence-electron chi connectivity index (χ0n) is 16.9. The third-order valence-electron chi connectivity index (χ3n) is 4.76. The van der Waals surface area contributed by atoms with Gasteiger partial charge in [0.05, 0.1) is 10.6 Å². The number of hydrogen-bond acceptors (Lipinski definition) is 4. The zero-order valence-corrected chi connectivity index (χ0v) is 17.7. The predicted octanol–water partition coefficient (Wildman–Crippen LogP) is 4.92. The van der Waals surface area contributed by atoms with E-state index in [2.05, 4.69) is 29.3 Å². The van der Waals surface area contributed by atoms with E-state index in [1.54, 1.807) is 19.2 Å². The number of thioether (sulfide) groups is 1.